The monoisotopic (exact) mass is 367 g/mol. The minimum Gasteiger partial charge on any atom is -0.322 e. The molecule has 7 heteroatoms. The first-order chi connectivity index (χ1) is 12.4. The highest BCUT2D eigenvalue weighted by molar-refractivity contribution is 7.92. The third kappa shape index (κ3) is 4.25. The number of rotatable bonds is 5. The van der Waals surface area contributed by atoms with Crippen LogP contribution >= 0.6 is 0 Å². The second-order valence-corrected chi connectivity index (χ2v) is 7.38. The maximum absolute atomic E-state index is 12.4. The van der Waals surface area contributed by atoms with Gasteiger partial charge in [0.2, 0.25) is 0 Å². The molecule has 0 aliphatic rings. The van der Waals surface area contributed by atoms with Crippen LogP contribution in [-0.2, 0) is 10.0 Å². The van der Waals surface area contributed by atoms with Crippen molar-refractivity contribution in [1.82, 2.24) is 4.98 Å². The number of hydrogen-bond donors (Lipinski definition) is 2. The van der Waals surface area contributed by atoms with Gasteiger partial charge < -0.3 is 5.32 Å². The predicted octanol–water partition coefficient (Wildman–Crippen LogP) is 3.44. The van der Waals surface area contributed by atoms with Crippen LogP contribution in [0.1, 0.15) is 15.9 Å². The van der Waals surface area contributed by atoms with Gasteiger partial charge in [0.1, 0.15) is 0 Å². The summed E-state index contributed by atoms with van der Waals surface area (Å²) in [6, 6.07) is 16.4. The zero-order chi connectivity index (χ0) is 18.6. The van der Waals surface area contributed by atoms with Crippen LogP contribution in [0.15, 0.2) is 78.0 Å². The lowest BCUT2D eigenvalue weighted by molar-refractivity contribution is 0.102. The van der Waals surface area contributed by atoms with Crippen LogP contribution in [0.25, 0.3) is 0 Å². The molecule has 0 radical (unpaired) electrons. The molecule has 1 heterocycles. The van der Waals surface area contributed by atoms with Gasteiger partial charge in [-0.15, -0.1) is 0 Å². The molecule has 2 aromatic carbocycles. The van der Waals surface area contributed by atoms with E-state index < -0.39 is 10.0 Å². The summed E-state index contributed by atoms with van der Waals surface area (Å²) in [6.45, 7) is 1.91. The highest BCUT2D eigenvalue weighted by Crippen LogP contribution is 2.18. The summed E-state index contributed by atoms with van der Waals surface area (Å²) in [7, 11) is -3.72. The van der Waals surface area contributed by atoms with E-state index in [0.29, 0.717) is 16.9 Å². The Morgan fingerprint density at radius 1 is 0.962 bits per heavy atom. The molecule has 2 N–H and O–H groups in total. The maximum atomic E-state index is 12.4. The standard InChI is InChI=1S/C19H17N3O3S/c1-14-4-2-5-15(12-14)19(23)21-16-7-9-18(10-8-16)26(24,25)22-17-6-3-11-20-13-17/h2-13,22H,1H3,(H,21,23). The van der Waals surface area contributed by atoms with Crippen molar-refractivity contribution in [2.45, 2.75) is 11.8 Å². The first-order valence-corrected chi connectivity index (χ1v) is 9.33. The molecule has 0 saturated heterocycles. The van der Waals surface area contributed by atoms with E-state index in [2.05, 4.69) is 15.0 Å². The first-order valence-electron chi connectivity index (χ1n) is 7.85. The largest absolute Gasteiger partial charge is 0.322 e. The molecule has 0 atom stereocenters. The van der Waals surface area contributed by atoms with Gasteiger partial charge in [-0.3, -0.25) is 14.5 Å². The van der Waals surface area contributed by atoms with Gasteiger partial charge in [-0.2, -0.15) is 0 Å². The first kappa shape index (κ1) is 17.6. The number of aromatic nitrogens is 1. The quantitative estimate of drug-likeness (QED) is 0.723. The number of benzene rings is 2. The molecule has 0 aliphatic carbocycles. The number of carbonyl (C=O) groups excluding carboxylic acids is 1. The third-order valence-corrected chi connectivity index (χ3v) is 5.01. The summed E-state index contributed by atoms with van der Waals surface area (Å²) in [5.74, 6) is -0.252. The molecule has 0 unspecified atom stereocenters. The van der Waals surface area contributed by atoms with Crippen molar-refractivity contribution in [3.05, 3.63) is 84.2 Å². The lowest BCUT2D eigenvalue weighted by Gasteiger charge is -2.09. The number of anilines is 2. The molecule has 0 fully saturated rings. The van der Waals surface area contributed by atoms with E-state index in [1.807, 2.05) is 19.1 Å². The Kier molecular flexibility index (Phi) is 4.99. The molecular weight excluding hydrogens is 350 g/mol. The minimum atomic E-state index is -3.72. The molecular formula is C19H17N3O3S. The Bertz CT molecular complexity index is 1020. The summed E-state index contributed by atoms with van der Waals surface area (Å²) in [4.78, 5) is 16.2. The van der Waals surface area contributed by atoms with Gasteiger partial charge in [0, 0.05) is 17.4 Å². The number of carbonyl (C=O) groups is 1. The smallest absolute Gasteiger partial charge is 0.261 e. The molecule has 0 spiro atoms. The molecule has 3 rings (SSSR count). The topological polar surface area (TPSA) is 88.2 Å². The normalized spacial score (nSPS) is 11.0. The van der Waals surface area contributed by atoms with Gasteiger partial charge in [0.05, 0.1) is 16.8 Å². The molecule has 3 aromatic rings. The van der Waals surface area contributed by atoms with E-state index in [1.54, 1.807) is 42.6 Å². The van der Waals surface area contributed by atoms with Crippen LogP contribution in [-0.4, -0.2) is 19.3 Å². The van der Waals surface area contributed by atoms with Gasteiger partial charge in [0.15, 0.2) is 0 Å². The van der Waals surface area contributed by atoms with E-state index in [0.717, 1.165) is 5.56 Å². The van der Waals surface area contributed by atoms with Crippen molar-refractivity contribution in [3.63, 3.8) is 0 Å². The van der Waals surface area contributed by atoms with Crippen LogP contribution in [0.4, 0.5) is 11.4 Å². The van der Waals surface area contributed by atoms with Crippen molar-refractivity contribution in [1.29, 1.82) is 0 Å². The Morgan fingerprint density at radius 2 is 1.73 bits per heavy atom. The highest BCUT2D eigenvalue weighted by Gasteiger charge is 2.14. The Balaban J connectivity index is 1.73. The van der Waals surface area contributed by atoms with Crippen molar-refractivity contribution in [3.8, 4) is 0 Å². The SMILES string of the molecule is Cc1cccc(C(=O)Nc2ccc(S(=O)(=O)Nc3cccnc3)cc2)c1. The van der Waals surface area contributed by atoms with Crippen LogP contribution in [0.5, 0.6) is 0 Å². The lowest BCUT2D eigenvalue weighted by atomic mass is 10.1. The average Bonchev–Trinajstić information content (AvgIpc) is 2.62. The zero-order valence-corrected chi connectivity index (χ0v) is 14.8. The fourth-order valence-corrected chi connectivity index (χ4v) is 3.39. The van der Waals surface area contributed by atoms with Crippen molar-refractivity contribution >= 4 is 27.3 Å². The molecule has 1 aromatic heterocycles. The Hall–Kier alpha value is -3.19. The Labute approximate surface area is 152 Å². The van der Waals surface area contributed by atoms with Crippen LogP contribution < -0.4 is 10.0 Å². The van der Waals surface area contributed by atoms with Gasteiger partial charge >= 0.3 is 0 Å². The number of nitrogens with zero attached hydrogens (tertiary/aromatic N) is 1. The lowest BCUT2D eigenvalue weighted by Crippen LogP contribution is -2.14. The number of hydrogen-bond acceptors (Lipinski definition) is 4. The Morgan fingerprint density at radius 3 is 2.38 bits per heavy atom. The molecule has 132 valence electrons. The number of sulfonamides is 1. The molecule has 1 amide bonds. The third-order valence-electron chi connectivity index (χ3n) is 3.62. The summed E-state index contributed by atoms with van der Waals surface area (Å²) >= 11 is 0. The summed E-state index contributed by atoms with van der Waals surface area (Å²) in [5.41, 5.74) is 2.42. The summed E-state index contributed by atoms with van der Waals surface area (Å²) < 4.78 is 27.2. The number of pyridine rings is 1. The van der Waals surface area contributed by atoms with Gasteiger partial charge in [0.25, 0.3) is 15.9 Å². The van der Waals surface area contributed by atoms with Crippen LogP contribution in [0.2, 0.25) is 0 Å². The minimum absolute atomic E-state index is 0.0925. The van der Waals surface area contributed by atoms with Gasteiger partial charge in [-0.05, 0) is 55.5 Å². The summed E-state index contributed by atoms with van der Waals surface area (Å²) in [6.07, 6.45) is 2.98. The van der Waals surface area contributed by atoms with Crippen molar-refractivity contribution < 1.29 is 13.2 Å². The molecule has 0 aliphatic heterocycles. The molecule has 6 nitrogen and oxygen atoms in total. The van der Waals surface area contributed by atoms with Crippen molar-refractivity contribution in [2.75, 3.05) is 10.0 Å². The zero-order valence-electron chi connectivity index (χ0n) is 14.0. The molecule has 0 saturated carbocycles. The maximum Gasteiger partial charge on any atom is 0.261 e. The summed E-state index contributed by atoms with van der Waals surface area (Å²) in [5, 5.41) is 2.75. The van der Waals surface area contributed by atoms with Crippen LogP contribution in [0.3, 0.4) is 0 Å². The predicted molar refractivity (Wildman–Crippen MR) is 101 cm³/mol. The average molecular weight is 367 g/mol. The fraction of sp³-hybridized carbons (Fsp3) is 0.0526. The van der Waals surface area contributed by atoms with E-state index in [4.69, 9.17) is 0 Å². The molecule has 0 bridgehead atoms. The second kappa shape index (κ2) is 7.37. The number of amides is 1. The number of aryl methyl sites for hydroxylation is 1. The van der Waals surface area contributed by atoms with Crippen molar-refractivity contribution in [2.24, 2.45) is 0 Å². The van der Waals surface area contributed by atoms with Gasteiger partial charge in [-0.25, -0.2) is 8.42 Å². The van der Waals surface area contributed by atoms with E-state index >= 15 is 0 Å². The van der Waals surface area contributed by atoms with E-state index in [9.17, 15) is 13.2 Å². The second-order valence-electron chi connectivity index (χ2n) is 5.70. The fourth-order valence-electron chi connectivity index (χ4n) is 2.34. The van der Waals surface area contributed by atoms with Crippen LogP contribution in [0, 0.1) is 6.92 Å². The van der Waals surface area contributed by atoms with E-state index in [1.165, 1.54) is 18.3 Å². The van der Waals surface area contributed by atoms with E-state index in [-0.39, 0.29) is 10.8 Å². The highest BCUT2D eigenvalue weighted by atomic mass is 32.2. The van der Waals surface area contributed by atoms with Gasteiger partial charge in [-0.1, -0.05) is 17.7 Å². The number of nitrogens with one attached hydrogen (secondary N) is 2. The molecule has 26 heavy (non-hydrogen) atoms.